The quantitative estimate of drug-likeness (QED) is 0.695. The molecule has 4 rings (SSSR count). The van der Waals surface area contributed by atoms with Crippen molar-refractivity contribution in [1.29, 1.82) is 0 Å². The van der Waals surface area contributed by atoms with Crippen LogP contribution in [0.25, 0.3) is 11.4 Å². The van der Waals surface area contributed by atoms with Crippen molar-refractivity contribution in [2.45, 2.75) is 25.2 Å². The van der Waals surface area contributed by atoms with Crippen molar-refractivity contribution in [2.24, 2.45) is 0 Å². The number of aryl methyl sites for hydroxylation is 1. The fourth-order valence-corrected chi connectivity index (χ4v) is 3.16. The van der Waals surface area contributed by atoms with E-state index in [2.05, 4.69) is 31.5 Å². The molecule has 0 saturated heterocycles. The Morgan fingerprint density at radius 1 is 1.29 bits per heavy atom. The van der Waals surface area contributed by atoms with Gasteiger partial charge in [-0.3, -0.25) is 4.79 Å². The predicted molar refractivity (Wildman–Crippen MR) is 85.0 cm³/mol. The average molecular weight is 344 g/mol. The molecule has 0 unspecified atom stereocenters. The minimum absolute atomic E-state index is 0.145. The molecule has 0 radical (unpaired) electrons. The highest BCUT2D eigenvalue weighted by atomic mass is 32.1. The highest BCUT2D eigenvalue weighted by Crippen LogP contribution is 2.48. The lowest BCUT2D eigenvalue weighted by atomic mass is 10.1. The van der Waals surface area contributed by atoms with Crippen LogP contribution in [0.1, 0.15) is 35.2 Å². The van der Waals surface area contributed by atoms with E-state index in [1.807, 2.05) is 14.0 Å². The van der Waals surface area contributed by atoms with Gasteiger partial charge in [-0.05, 0) is 43.1 Å². The van der Waals surface area contributed by atoms with E-state index >= 15 is 0 Å². The summed E-state index contributed by atoms with van der Waals surface area (Å²) in [6.45, 7) is 1.90. The third kappa shape index (κ3) is 2.15. The van der Waals surface area contributed by atoms with Crippen LogP contribution in [0.2, 0.25) is 0 Å². The Kier molecular flexibility index (Phi) is 3.11. The second-order valence-electron chi connectivity index (χ2n) is 5.51. The molecule has 3 aromatic heterocycles. The van der Waals surface area contributed by atoms with E-state index in [1.165, 1.54) is 11.5 Å². The largest absolute Gasteiger partial charge is 0.480 e. The Morgan fingerprint density at radius 3 is 2.67 bits per heavy atom. The third-order valence-electron chi connectivity index (χ3n) is 3.94. The minimum Gasteiger partial charge on any atom is -0.480 e. The number of rotatable bonds is 3. The van der Waals surface area contributed by atoms with E-state index in [1.54, 1.807) is 0 Å². The summed E-state index contributed by atoms with van der Waals surface area (Å²) in [5, 5.41) is 12.3. The molecule has 0 amide bonds. The first-order valence-corrected chi connectivity index (χ1v) is 7.98. The first kappa shape index (κ1) is 14.7. The van der Waals surface area contributed by atoms with Gasteiger partial charge in [-0.25, -0.2) is 0 Å². The van der Waals surface area contributed by atoms with Crippen molar-refractivity contribution in [2.75, 3.05) is 12.4 Å². The van der Waals surface area contributed by atoms with Crippen LogP contribution in [0.4, 0.5) is 5.69 Å². The molecule has 0 bridgehead atoms. The normalized spacial score (nSPS) is 15.1. The summed E-state index contributed by atoms with van der Waals surface area (Å²) in [4.78, 5) is 20.3. The van der Waals surface area contributed by atoms with Crippen molar-refractivity contribution in [3.63, 3.8) is 0 Å². The summed E-state index contributed by atoms with van der Waals surface area (Å²) in [5.74, 6) is 5.13. The summed E-state index contributed by atoms with van der Waals surface area (Å²) in [6.07, 6.45) is 1.02. The topological polar surface area (TPSA) is 114 Å². The van der Waals surface area contributed by atoms with E-state index in [4.69, 9.17) is 8.83 Å². The minimum atomic E-state index is -1.02. The number of carboxylic acids is 1. The highest BCUT2D eigenvalue weighted by Gasteiger charge is 2.56. The molecule has 1 aliphatic carbocycles. The molecule has 24 heavy (non-hydrogen) atoms. The van der Waals surface area contributed by atoms with Crippen LogP contribution in [0, 0.1) is 18.8 Å². The standard InChI is InChI=1S/C15H12N4O4S/c1-7-10(16-2)8(24-19-7)3-4-9-17-11-12(22-9)18-13(23-11)15(5-6-15)14(20)21/h16H,5-6H2,1-2H3,(H,20,21). The molecule has 1 aliphatic rings. The lowest BCUT2D eigenvalue weighted by molar-refractivity contribution is -0.140. The van der Waals surface area contributed by atoms with Crippen LogP contribution in [0.5, 0.6) is 0 Å². The number of carbonyl (C=O) groups is 1. The number of hydrogen-bond donors (Lipinski definition) is 2. The van der Waals surface area contributed by atoms with Gasteiger partial charge in [-0.15, -0.1) is 0 Å². The molecule has 0 spiro atoms. The lowest BCUT2D eigenvalue weighted by Gasteiger charge is -2.01. The summed E-state index contributed by atoms with van der Waals surface area (Å²) in [6, 6.07) is 0. The van der Waals surface area contributed by atoms with Crippen molar-refractivity contribution in [3.8, 4) is 11.8 Å². The molecule has 9 heteroatoms. The molecule has 122 valence electrons. The van der Waals surface area contributed by atoms with Gasteiger partial charge in [0.25, 0.3) is 17.3 Å². The lowest BCUT2D eigenvalue weighted by Crippen LogP contribution is -2.19. The third-order valence-corrected chi connectivity index (χ3v) is 4.79. The van der Waals surface area contributed by atoms with Gasteiger partial charge in [-0.2, -0.15) is 14.3 Å². The van der Waals surface area contributed by atoms with Crippen molar-refractivity contribution >= 4 is 34.6 Å². The zero-order valence-corrected chi connectivity index (χ0v) is 13.7. The van der Waals surface area contributed by atoms with E-state index in [9.17, 15) is 9.90 Å². The average Bonchev–Trinajstić information content (AvgIpc) is 2.96. The Morgan fingerprint density at radius 2 is 2.04 bits per heavy atom. The fraction of sp³-hybridized carbons (Fsp3) is 0.333. The van der Waals surface area contributed by atoms with Crippen LogP contribution < -0.4 is 5.32 Å². The predicted octanol–water partition coefficient (Wildman–Crippen LogP) is 2.14. The summed E-state index contributed by atoms with van der Waals surface area (Å²) >= 11 is 1.29. The number of fused-ring (bicyclic) bond motifs is 1. The maximum Gasteiger partial charge on any atom is 0.319 e. The second kappa shape index (κ2) is 5.07. The van der Waals surface area contributed by atoms with Crippen LogP contribution in [-0.4, -0.2) is 32.5 Å². The van der Waals surface area contributed by atoms with Gasteiger partial charge in [-0.1, -0.05) is 0 Å². The molecule has 1 fully saturated rings. The number of hydrogen-bond acceptors (Lipinski definition) is 8. The second-order valence-corrected chi connectivity index (χ2v) is 6.28. The molecular formula is C15H12N4O4S. The SMILES string of the molecule is CNc1c(C)nsc1C#Cc1nc2oc(C3(C(=O)O)CC3)nc2o1. The van der Waals surface area contributed by atoms with Gasteiger partial charge in [0, 0.05) is 7.05 Å². The molecule has 8 nitrogen and oxygen atoms in total. The summed E-state index contributed by atoms with van der Waals surface area (Å²) in [5.41, 5.74) is 1.06. The zero-order valence-electron chi connectivity index (χ0n) is 12.8. The number of aromatic nitrogens is 3. The first-order valence-electron chi connectivity index (χ1n) is 7.21. The Hall–Kier alpha value is -2.86. The number of aliphatic carboxylic acids is 1. The summed E-state index contributed by atoms with van der Waals surface area (Å²) in [7, 11) is 1.81. The Bertz CT molecular complexity index is 984. The van der Waals surface area contributed by atoms with E-state index in [0.29, 0.717) is 12.8 Å². The van der Waals surface area contributed by atoms with E-state index in [-0.39, 0.29) is 23.2 Å². The monoisotopic (exact) mass is 344 g/mol. The van der Waals surface area contributed by atoms with Gasteiger partial charge in [0.05, 0.1) is 11.4 Å². The summed E-state index contributed by atoms with van der Waals surface area (Å²) < 4.78 is 15.1. The zero-order chi connectivity index (χ0) is 16.9. The van der Waals surface area contributed by atoms with Gasteiger partial charge < -0.3 is 19.3 Å². The van der Waals surface area contributed by atoms with Crippen LogP contribution >= 0.6 is 11.5 Å². The maximum atomic E-state index is 11.3. The Labute approximate surface area is 140 Å². The van der Waals surface area contributed by atoms with Gasteiger partial charge in [0.1, 0.15) is 10.3 Å². The van der Waals surface area contributed by atoms with Gasteiger partial charge in [0.2, 0.25) is 5.89 Å². The molecule has 1 saturated carbocycles. The van der Waals surface area contributed by atoms with E-state index < -0.39 is 11.4 Å². The highest BCUT2D eigenvalue weighted by molar-refractivity contribution is 7.07. The van der Waals surface area contributed by atoms with Crippen molar-refractivity contribution < 1.29 is 18.7 Å². The smallest absolute Gasteiger partial charge is 0.319 e. The van der Waals surface area contributed by atoms with E-state index in [0.717, 1.165) is 16.3 Å². The molecule has 3 heterocycles. The van der Waals surface area contributed by atoms with Crippen LogP contribution in [-0.2, 0) is 10.2 Å². The van der Waals surface area contributed by atoms with Crippen LogP contribution in [0.15, 0.2) is 8.83 Å². The number of carboxylic acid groups (broad SMARTS) is 1. The van der Waals surface area contributed by atoms with Gasteiger partial charge in [0.15, 0.2) is 0 Å². The molecular weight excluding hydrogens is 332 g/mol. The van der Waals surface area contributed by atoms with Crippen molar-refractivity contribution in [3.05, 3.63) is 22.4 Å². The number of nitrogens with one attached hydrogen (secondary N) is 1. The van der Waals surface area contributed by atoms with Crippen molar-refractivity contribution in [1.82, 2.24) is 14.3 Å². The van der Waals surface area contributed by atoms with Gasteiger partial charge >= 0.3 is 5.97 Å². The maximum absolute atomic E-state index is 11.3. The molecule has 0 aromatic carbocycles. The Balaban J connectivity index is 1.64. The van der Waals surface area contributed by atoms with Crippen LogP contribution in [0.3, 0.4) is 0 Å². The molecule has 3 aromatic rings. The number of nitrogens with zero attached hydrogens (tertiary/aromatic N) is 3. The fourth-order valence-electron chi connectivity index (χ4n) is 2.40. The number of oxazole rings is 2. The molecule has 0 atom stereocenters. The molecule has 0 aliphatic heterocycles. The number of anilines is 1. The first-order chi connectivity index (χ1) is 11.5. The molecule has 2 N–H and O–H groups in total.